The van der Waals surface area contributed by atoms with Crippen LogP contribution in [0, 0.1) is 5.82 Å². The van der Waals surface area contributed by atoms with E-state index in [-0.39, 0.29) is 10.7 Å². The molecule has 6 nitrogen and oxygen atoms in total. The molecule has 8 heteroatoms. The van der Waals surface area contributed by atoms with Crippen molar-refractivity contribution in [3.63, 3.8) is 0 Å². The second-order valence-electron chi connectivity index (χ2n) is 6.32. The molecule has 0 radical (unpaired) electrons. The van der Waals surface area contributed by atoms with Gasteiger partial charge in [0.2, 0.25) is 5.89 Å². The summed E-state index contributed by atoms with van der Waals surface area (Å²) in [5, 5.41) is 5.41. The van der Waals surface area contributed by atoms with Crippen molar-refractivity contribution < 1.29 is 18.3 Å². The summed E-state index contributed by atoms with van der Waals surface area (Å²) in [6, 6.07) is 18.3. The Balaban J connectivity index is 1.44. The van der Waals surface area contributed by atoms with Crippen molar-refractivity contribution in [1.82, 2.24) is 10.3 Å². The summed E-state index contributed by atoms with van der Waals surface area (Å²) in [7, 11) is 1.59. The Bertz CT molecular complexity index is 1240. The number of carbonyl (C=O) groups excluding carboxylic acids is 1. The van der Waals surface area contributed by atoms with Crippen LogP contribution in [-0.2, 0) is 0 Å². The number of anilines is 1. The van der Waals surface area contributed by atoms with Gasteiger partial charge in [0.1, 0.15) is 17.1 Å². The smallest absolute Gasteiger partial charge is 0.260 e. The van der Waals surface area contributed by atoms with E-state index in [1.807, 2.05) is 12.1 Å². The largest absolute Gasteiger partial charge is 0.497 e. The maximum Gasteiger partial charge on any atom is 0.260 e. The molecular weight excluding hydrogens is 405 g/mol. The summed E-state index contributed by atoms with van der Waals surface area (Å²) in [6.45, 7) is 0. The molecule has 0 spiro atoms. The van der Waals surface area contributed by atoms with Gasteiger partial charge in [-0.25, -0.2) is 9.37 Å². The molecule has 0 saturated carbocycles. The molecule has 3 aromatic carbocycles. The normalized spacial score (nSPS) is 10.6. The summed E-state index contributed by atoms with van der Waals surface area (Å²) < 4.78 is 24.7. The molecule has 1 heterocycles. The average Bonchev–Trinajstić information content (AvgIpc) is 3.17. The van der Waals surface area contributed by atoms with Crippen molar-refractivity contribution in [3.05, 3.63) is 78.1 Å². The Morgan fingerprint density at radius 3 is 2.60 bits per heavy atom. The minimum absolute atomic E-state index is 0.0601. The van der Waals surface area contributed by atoms with E-state index in [9.17, 15) is 9.18 Å². The number of oxazole rings is 1. The predicted octanol–water partition coefficient (Wildman–Crippen LogP) is 4.77. The standard InChI is InChI=1S/C22H16FN3O3S/c1-28-15-10-11-19-18(12-15)25-21(29-19)13-6-8-14(9-7-13)24-22(30)26-20(27)16-4-2-3-5-17(16)23/h2-12H,1H3,(H2,24,26,27,30). The molecule has 30 heavy (non-hydrogen) atoms. The Kier molecular flexibility index (Phi) is 5.40. The highest BCUT2D eigenvalue weighted by Crippen LogP contribution is 2.27. The van der Waals surface area contributed by atoms with E-state index < -0.39 is 11.7 Å². The van der Waals surface area contributed by atoms with Crippen molar-refractivity contribution in [2.75, 3.05) is 12.4 Å². The first-order valence-corrected chi connectivity index (χ1v) is 9.36. The quantitative estimate of drug-likeness (QED) is 0.463. The second-order valence-corrected chi connectivity index (χ2v) is 6.73. The highest BCUT2D eigenvalue weighted by atomic mass is 32.1. The number of rotatable bonds is 4. The lowest BCUT2D eigenvalue weighted by Gasteiger charge is -2.10. The minimum atomic E-state index is -0.621. The fraction of sp³-hybridized carbons (Fsp3) is 0.0455. The van der Waals surface area contributed by atoms with Gasteiger partial charge in [0, 0.05) is 17.3 Å². The molecule has 0 bridgehead atoms. The zero-order valence-corrected chi connectivity index (χ0v) is 16.6. The fourth-order valence-corrected chi connectivity index (χ4v) is 3.04. The number of aromatic nitrogens is 1. The van der Waals surface area contributed by atoms with Crippen LogP contribution in [0.4, 0.5) is 10.1 Å². The molecule has 0 saturated heterocycles. The summed E-state index contributed by atoms with van der Waals surface area (Å²) in [6.07, 6.45) is 0. The number of amides is 1. The number of thiocarbonyl (C=S) groups is 1. The van der Waals surface area contributed by atoms with Gasteiger partial charge in [-0.2, -0.15) is 0 Å². The van der Waals surface area contributed by atoms with Crippen LogP contribution in [0.15, 0.2) is 71.1 Å². The lowest BCUT2D eigenvalue weighted by atomic mass is 10.2. The minimum Gasteiger partial charge on any atom is -0.497 e. The van der Waals surface area contributed by atoms with E-state index in [1.54, 1.807) is 43.5 Å². The summed E-state index contributed by atoms with van der Waals surface area (Å²) in [4.78, 5) is 16.6. The Labute approximate surface area is 176 Å². The van der Waals surface area contributed by atoms with E-state index in [0.717, 1.165) is 5.56 Å². The highest BCUT2D eigenvalue weighted by molar-refractivity contribution is 7.80. The molecule has 0 aliphatic carbocycles. The van der Waals surface area contributed by atoms with E-state index in [4.69, 9.17) is 21.4 Å². The highest BCUT2D eigenvalue weighted by Gasteiger charge is 2.13. The number of methoxy groups -OCH3 is 1. The van der Waals surface area contributed by atoms with Gasteiger partial charge in [-0.05, 0) is 60.7 Å². The topological polar surface area (TPSA) is 76.4 Å². The maximum atomic E-state index is 13.7. The van der Waals surface area contributed by atoms with E-state index in [0.29, 0.717) is 28.4 Å². The van der Waals surface area contributed by atoms with Gasteiger partial charge < -0.3 is 14.5 Å². The SMILES string of the molecule is COc1ccc2oc(-c3ccc(NC(=S)NC(=O)c4ccccc4F)cc3)nc2c1. The number of nitrogens with zero attached hydrogens (tertiary/aromatic N) is 1. The van der Waals surface area contributed by atoms with Crippen LogP contribution in [0.25, 0.3) is 22.6 Å². The molecule has 150 valence electrons. The first-order valence-electron chi connectivity index (χ1n) is 8.95. The molecule has 0 atom stereocenters. The fourth-order valence-electron chi connectivity index (χ4n) is 2.83. The third-order valence-corrected chi connectivity index (χ3v) is 4.53. The van der Waals surface area contributed by atoms with Crippen molar-refractivity contribution in [2.24, 2.45) is 0 Å². The number of halogens is 1. The molecule has 0 aliphatic heterocycles. The molecule has 2 N–H and O–H groups in total. The van der Waals surface area contributed by atoms with Crippen LogP contribution in [0.5, 0.6) is 5.75 Å². The molecule has 0 aliphatic rings. The number of hydrogen-bond donors (Lipinski definition) is 2. The Morgan fingerprint density at radius 1 is 1.10 bits per heavy atom. The van der Waals surface area contributed by atoms with Gasteiger partial charge in [-0.3, -0.25) is 10.1 Å². The van der Waals surface area contributed by atoms with Gasteiger partial charge in [-0.15, -0.1) is 0 Å². The third-order valence-electron chi connectivity index (χ3n) is 4.33. The third kappa shape index (κ3) is 4.13. The molecule has 4 rings (SSSR count). The monoisotopic (exact) mass is 421 g/mol. The number of hydrogen-bond acceptors (Lipinski definition) is 5. The van der Waals surface area contributed by atoms with Crippen LogP contribution in [0.2, 0.25) is 0 Å². The molecule has 0 fully saturated rings. The molecular formula is C22H16FN3O3S. The first kappa shape index (κ1) is 19.5. The summed E-state index contributed by atoms with van der Waals surface area (Å²) >= 11 is 5.14. The lowest BCUT2D eigenvalue weighted by molar-refractivity contribution is 0.0974. The second kappa shape index (κ2) is 8.30. The van der Waals surface area contributed by atoms with Gasteiger partial charge in [0.15, 0.2) is 10.7 Å². The number of nitrogens with one attached hydrogen (secondary N) is 2. The van der Waals surface area contributed by atoms with Crippen LogP contribution >= 0.6 is 12.2 Å². The van der Waals surface area contributed by atoms with Crippen molar-refractivity contribution in [2.45, 2.75) is 0 Å². The zero-order chi connectivity index (χ0) is 21.1. The predicted molar refractivity (Wildman–Crippen MR) is 116 cm³/mol. The van der Waals surface area contributed by atoms with Crippen molar-refractivity contribution >= 4 is 40.0 Å². The maximum absolute atomic E-state index is 13.7. The molecule has 4 aromatic rings. The molecule has 0 unspecified atom stereocenters. The number of fused-ring (bicyclic) bond motifs is 1. The average molecular weight is 421 g/mol. The van der Waals surface area contributed by atoms with E-state index >= 15 is 0 Å². The summed E-state index contributed by atoms with van der Waals surface area (Å²) in [5.41, 5.74) is 2.70. The van der Waals surface area contributed by atoms with E-state index in [1.165, 1.54) is 18.2 Å². The van der Waals surface area contributed by atoms with Crippen LogP contribution in [0.1, 0.15) is 10.4 Å². The van der Waals surface area contributed by atoms with E-state index in [2.05, 4.69) is 15.6 Å². The Morgan fingerprint density at radius 2 is 1.87 bits per heavy atom. The van der Waals surface area contributed by atoms with Crippen LogP contribution in [-0.4, -0.2) is 23.1 Å². The van der Waals surface area contributed by atoms with Gasteiger partial charge in [0.25, 0.3) is 5.91 Å². The Hall–Kier alpha value is -3.78. The van der Waals surface area contributed by atoms with Crippen molar-refractivity contribution in [1.29, 1.82) is 0 Å². The van der Waals surface area contributed by atoms with Gasteiger partial charge in [0.05, 0.1) is 12.7 Å². The first-order chi connectivity index (χ1) is 14.5. The van der Waals surface area contributed by atoms with Gasteiger partial charge >= 0.3 is 0 Å². The van der Waals surface area contributed by atoms with Crippen LogP contribution in [0.3, 0.4) is 0 Å². The number of carbonyl (C=O) groups is 1. The zero-order valence-electron chi connectivity index (χ0n) is 15.8. The van der Waals surface area contributed by atoms with Crippen molar-refractivity contribution in [3.8, 4) is 17.2 Å². The van der Waals surface area contributed by atoms with Crippen LogP contribution < -0.4 is 15.4 Å². The lowest BCUT2D eigenvalue weighted by Crippen LogP contribution is -2.34. The number of benzene rings is 3. The van der Waals surface area contributed by atoms with Gasteiger partial charge in [-0.1, -0.05) is 12.1 Å². The number of ether oxygens (including phenoxy) is 1. The molecule has 1 aromatic heterocycles. The molecule has 1 amide bonds. The summed E-state index contributed by atoms with van der Waals surface area (Å²) in [5.74, 6) is -0.0599.